The summed E-state index contributed by atoms with van der Waals surface area (Å²) >= 11 is 0. The van der Waals surface area contributed by atoms with Crippen molar-refractivity contribution < 1.29 is 4.79 Å². The number of carbonyl (C=O) groups is 1. The van der Waals surface area contributed by atoms with E-state index in [1.54, 1.807) is 23.6 Å². The lowest BCUT2D eigenvalue weighted by Gasteiger charge is -2.24. The molecule has 1 aliphatic carbocycles. The number of hydrogen-bond donors (Lipinski definition) is 0. The van der Waals surface area contributed by atoms with E-state index in [2.05, 4.69) is 96.8 Å². The van der Waals surface area contributed by atoms with Gasteiger partial charge in [-0.2, -0.15) is 0 Å². The zero-order valence-electron chi connectivity index (χ0n) is 30.6. The van der Waals surface area contributed by atoms with Gasteiger partial charge in [0.2, 0.25) is 0 Å². The normalized spacial score (nSPS) is 15.6. The first-order chi connectivity index (χ1) is 22.2. The molecular formula is C45H66O. The van der Waals surface area contributed by atoms with Gasteiger partial charge in [0.25, 0.3) is 0 Å². The zero-order valence-corrected chi connectivity index (χ0v) is 30.6. The quantitative estimate of drug-likeness (QED) is 0.0501. The lowest BCUT2D eigenvalue weighted by atomic mass is 9.81. The number of rotatable bonds is 19. The van der Waals surface area contributed by atoms with Gasteiger partial charge in [0.05, 0.1) is 0 Å². The lowest BCUT2D eigenvalue weighted by molar-refractivity contribution is -0.104. The van der Waals surface area contributed by atoms with Crippen LogP contribution in [0.5, 0.6) is 0 Å². The second kappa shape index (κ2) is 21.8. The fourth-order valence-electron chi connectivity index (χ4n) is 6.62. The van der Waals surface area contributed by atoms with E-state index in [9.17, 15) is 4.79 Å². The van der Waals surface area contributed by atoms with E-state index < -0.39 is 0 Å². The molecule has 1 heteroatoms. The molecule has 0 saturated heterocycles. The molecule has 0 fully saturated rings. The Morgan fingerprint density at radius 2 is 1.37 bits per heavy atom. The maximum atomic E-state index is 9.41. The number of hydrogen-bond acceptors (Lipinski definition) is 1. The van der Waals surface area contributed by atoms with Crippen molar-refractivity contribution in [2.75, 3.05) is 0 Å². The van der Waals surface area contributed by atoms with Gasteiger partial charge in [-0.1, -0.05) is 127 Å². The van der Waals surface area contributed by atoms with Gasteiger partial charge in [0, 0.05) is 5.92 Å². The minimum Gasteiger partial charge on any atom is -0.298 e. The topological polar surface area (TPSA) is 17.1 Å². The average Bonchev–Trinajstić information content (AvgIpc) is 3.07. The van der Waals surface area contributed by atoms with E-state index in [0.29, 0.717) is 11.5 Å². The fraction of sp³-hybridized carbons (Fsp3) is 0.533. The van der Waals surface area contributed by atoms with Crippen LogP contribution in [0, 0.1) is 5.92 Å². The minimum absolute atomic E-state index is 0.574. The minimum atomic E-state index is 0.574. The predicted octanol–water partition coefficient (Wildman–Crippen LogP) is 13.4. The highest BCUT2D eigenvalue weighted by atomic mass is 16.1. The van der Waals surface area contributed by atoms with Crippen molar-refractivity contribution in [3.05, 3.63) is 107 Å². The Hall–Kier alpha value is -2.93. The van der Waals surface area contributed by atoms with Crippen LogP contribution >= 0.6 is 0 Å². The number of aldehydes is 1. The number of carbonyl (C=O) groups excluding carboxylic acids is 1. The van der Waals surface area contributed by atoms with Crippen molar-refractivity contribution >= 4 is 6.29 Å². The second-order valence-electron chi connectivity index (χ2n) is 13.7. The highest BCUT2D eigenvalue weighted by Gasteiger charge is 2.19. The molecule has 2 aromatic carbocycles. The molecule has 0 saturated carbocycles. The molecule has 1 nitrogen and oxygen atoms in total. The fourth-order valence-corrected chi connectivity index (χ4v) is 6.62. The van der Waals surface area contributed by atoms with Crippen LogP contribution in [0.1, 0.15) is 152 Å². The third-order valence-electron chi connectivity index (χ3n) is 9.73. The molecule has 252 valence electrons. The van der Waals surface area contributed by atoms with Crippen LogP contribution in [0.3, 0.4) is 0 Å². The summed E-state index contributed by atoms with van der Waals surface area (Å²) in [5.74, 6) is 1.35. The number of allylic oxidation sites excluding steroid dienone is 5. The monoisotopic (exact) mass is 623 g/mol. The summed E-state index contributed by atoms with van der Waals surface area (Å²) in [4.78, 5) is 9.41. The molecular weight excluding hydrogens is 556 g/mol. The SMILES string of the molecule is C=C(C)C(=C)CCCCc1cc(-c2ccc(C3C=CC(CC)CC3)cc2CC)cc(CCCCC)c1CCCCC.C=C(C)C=O. The highest BCUT2D eigenvalue weighted by molar-refractivity contribution is 5.71. The van der Waals surface area contributed by atoms with Gasteiger partial charge in [0.1, 0.15) is 6.29 Å². The predicted molar refractivity (Wildman–Crippen MR) is 205 cm³/mol. The van der Waals surface area contributed by atoms with Gasteiger partial charge < -0.3 is 0 Å². The summed E-state index contributed by atoms with van der Waals surface area (Å²) < 4.78 is 0. The maximum Gasteiger partial charge on any atom is 0.145 e. The van der Waals surface area contributed by atoms with Crippen LogP contribution in [-0.4, -0.2) is 6.29 Å². The van der Waals surface area contributed by atoms with Crippen LogP contribution in [-0.2, 0) is 30.5 Å². The Labute approximate surface area is 284 Å². The van der Waals surface area contributed by atoms with Crippen molar-refractivity contribution in [1.82, 2.24) is 0 Å². The largest absolute Gasteiger partial charge is 0.298 e. The molecule has 1 aliphatic rings. The molecule has 0 amide bonds. The van der Waals surface area contributed by atoms with Crippen molar-refractivity contribution in [3.63, 3.8) is 0 Å². The summed E-state index contributed by atoms with van der Waals surface area (Å²) in [6, 6.07) is 12.6. The molecule has 2 aromatic rings. The third kappa shape index (κ3) is 13.1. The van der Waals surface area contributed by atoms with Gasteiger partial charge >= 0.3 is 0 Å². The third-order valence-corrected chi connectivity index (χ3v) is 9.73. The Morgan fingerprint density at radius 3 is 1.87 bits per heavy atom. The molecule has 0 heterocycles. The molecule has 46 heavy (non-hydrogen) atoms. The van der Waals surface area contributed by atoms with Crippen LogP contribution in [0.2, 0.25) is 0 Å². The van der Waals surface area contributed by atoms with E-state index in [4.69, 9.17) is 0 Å². The molecule has 0 bridgehead atoms. The second-order valence-corrected chi connectivity index (χ2v) is 13.7. The maximum absolute atomic E-state index is 9.41. The summed E-state index contributed by atoms with van der Waals surface area (Å²) in [5, 5.41) is 0. The Balaban J connectivity index is 0.00000136. The van der Waals surface area contributed by atoms with Crippen molar-refractivity contribution in [3.8, 4) is 11.1 Å². The lowest BCUT2D eigenvalue weighted by Crippen LogP contribution is -2.07. The number of aryl methyl sites for hydroxylation is 3. The Bertz CT molecular complexity index is 1290. The molecule has 0 aromatic heterocycles. The Kier molecular flexibility index (Phi) is 18.6. The van der Waals surface area contributed by atoms with E-state index in [0.717, 1.165) is 30.6 Å². The van der Waals surface area contributed by atoms with Gasteiger partial charge in [-0.3, -0.25) is 4.79 Å². The average molecular weight is 623 g/mol. The summed E-state index contributed by atoms with van der Waals surface area (Å²) in [7, 11) is 0. The van der Waals surface area contributed by atoms with E-state index in [-0.39, 0.29) is 0 Å². The van der Waals surface area contributed by atoms with Gasteiger partial charge in [-0.25, -0.2) is 0 Å². The molecule has 0 radical (unpaired) electrons. The van der Waals surface area contributed by atoms with E-state index in [1.807, 2.05) is 0 Å². The van der Waals surface area contributed by atoms with Crippen LogP contribution in [0.15, 0.2) is 78.9 Å². The van der Waals surface area contributed by atoms with Crippen molar-refractivity contribution in [2.24, 2.45) is 5.92 Å². The van der Waals surface area contributed by atoms with Crippen LogP contribution < -0.4 is 0 Å². The standard InChI is InChI=1S/C41H60.C4H6O/c1-8-12-14-19-37-29-39(30-38(40(37)21-15-13-9-2)20-17-16-18-32(7)31(5)6)41-27-26-36(28-34(41)11-4)35-24-22-33(10-3)23-25-35;1-4(2)3-5/h22,24,26-30,33,35H,5,7-21,23,25H2,1-4,6H3;3H,1H2,2H3. The van der Waals surface area contributed by atoms with Crippen molar-refractivity contribution in [1.29, 1.82) is 0 Å². The van der Waals surface area contributed by atoms with Crippen LogP contribution in [0.4, 0.5) is 0 Å². The van der Waals surface area contributed by atoms with Crippen LogP contribution in [0.25, 0.3) is 11.1 Å². The highest BCUT2D eigenvalue weighted by Crippen LogP contribution is 2.36. The van der Waals surface area contributed by atoms with Gasteiger partial charge in [-0.05, 0) is 141 Å². The molecule has 2 atom stereocenters. The smallest absolute Gasteiger partial charge is 0.145 e. The molecule has 3 rings (SSSR count). The van der Waals surface area contributed by atoms with Gasteiger partial charge in [0.15, 0.2) is 0 Å². The molecule has 2 unspecified atom stereocenters. The molecule has 0 N–H and O–H groups in total. The van der Waals surface area contributed by atoms with Crippen molar-refractivity contribution in [2.45, 2.75) is 150 Å². The van der Waals surface area contributed by atoms with E-state index in [1.165, 1.54) is 118 Å². The summed E-state index contributed by atoms with van der Waals surface area (Å²) in [5.41, 5.74) is 13.8. The van der Waals surface area contributed by atoms with Gasteiger partial charge in [-0.15, -0.1) is 0 Å². The first-order valence-electron chi connectivity index (χ1n) is 18.6. The first-order valence-corrected chi connectivity index (χ1v) is 18.6. The number of unbranched alkanes of at least 4 members (excludes halogenated alkanes) is 5. The summed E-state index contributed by atoms with van der Waals surface area (Å²) in [6.45, 7) is 24.7. The Morgan fingerprint density at radius 1 is 0.761 bits per heavy atom. The first kappa shape index (κ1) is 39.2. The number of benzene rings is 2. The molecule has 0 aliphatic heterocycles. The van der Waals surface area contributed by atoms with E-state index >= 15 is 0 Å². The summed E-state index contributed by atoms with van der Waals surface area (Å²) in [6.07, 6.45) is 25.6. The molecule has 0 spiro atoms. The zero-order chi connectivity index (χ0) is 33.9.